The Balaban J connectivity index is 2.07. The van der Waals surface area contributed by atoms with Crippen LogP contribution >= 0.6 is 27.7 Å². The van der Waals surface area contributed by atoms with E-state index >= 15 is 0 Å². The van der Waals surface area contributed by atoms with Crippen LogP contribution in [-0.2, 0) is 4.74 Å². The van der Waals surface area contributed by atoms with Crippen LogP contribution in [0.2, 0.25) is 0 Å². The fraction of sp³-hybridized carbons (Fsp3) is 0.444. The molecule has 0 spiro atoms. The van der Waals surface area contributed by atoms with Gasteiger partial charge in [0.05, 0.1) is 24.6 Å². The van der Waals surface area contributed by atoms with Crippen LogP contribution in [0.25, 0.3) is 0 Å². The number of thioether (sulfide) groups is 1. The van der Waals surface area contributed by atoms with Crippen molar-refractivity contribution in [1.29, 1.82) is 0 Å². The number of rotatable bonds is 2. The van der Waals surface area contributed by atoms with Crippen molar-refractivity contribution in [2.24, 2.45) is 0 Å². The maximum atomic E-state index is 9.55. The predicted molar refractivity (Wildman–Crippen MR) is 58.4 cm³/mol. The molecule has 1 aromatic rings. The molecule has 14 heavy (non-hydrogen) atoms. The number of aliphatic hydroxyl groups is 1. The summed E-state index contributed by atoms with van der Waals surface area (Å²) in [6.07, 6.45) is 1.36. The minimum Gasteiger partial charge on any atom is -0.389 e. The zero-order chi connectivity index (χ0) is 9.97. The molecule has 3 nitrogen and oxygen atoms in total. The van der Waals surface area contributed by atoms with E-state index in [2.05, 4.69) is 20.9 Å². The van der Waals surface area contributed by atoms with Gasteiger partial charge in [-0.2, -0.15) is 0 Å². The van der Waals surface area contributed by atoms with Crippen LogP contribution in [0.3, 0.4) is 0 Å². The van der Waals surface area contributed by atoms with Crippen molar-refractivity contribution in [3.63, 3.8) is 0 Å². The lowest BCUT2D eigenvalue weighted by Gasteiger charge is -2.11. The summed E-state index contributed by atoms with van der Waals surface area (Å²) in [7, 11) is 0. The van der Waals surface area contributed by atoms with Crippen LogP contribution in [0.15, 0.2) is 27.8 Å². The first-order valence-electron chi connectivity index (χ1n) is 4.30. The molecule has 76 valence electrons. The van der Waals surface area contributed by atoms with Crippen molar-refractivity contribution in [1.82, 2.24) is 4.98 Å². The van der Waals surface area contributed by atoms with Gasteiger partial charge in [0.1, 0.15) is 5.03 Å². The number of pyridine rings is 1. The Bertz CT molecular complexity index is 323. The highest BCUT2D eigenvalue weighted by molar-refractivity contribution is 9.10. The monoisotopic (exact) mass is 275 g/mol. The van der Waals surface area contributed by atoms with E-state index in [0.717, 1.165) is 9.50 Å². The molecular weight excluding hydrogens is 266 g/mol. The van der Waals surface area contributed by atoms with Gasteiger partial charge in [0.25, 0.3) is 0 Å². The van der Waals surface area contributed by atoms with Gasteiger partial charge in [0.15, 0.2) is 0 Å². The Morgan fingerprint density at radius 3 is 3.07 bits per heavy atom. The SMILES string of the molecule is OC1COCC1Sc1ncccc1Br. The van der Waals surface area contributed by atoms with E-state index < -0.39 is 0 Å². The van der Waals surface area contributed by atoms with Gasteiger partial charge < -0.3 is 9.84 Å². The molecule has 1 fully saturated rings. The Hall–Kier alpha value is -0.100. The van der Waals surface area contributed by atoms with Crippen LogP contribution in [0, 0.1) is 0 Å². The van der Waals surface area contributed by atoms with Gasteiger partial charge >= 0.3 is 0 Å². The summed E-state index contributed by atoms with van der Waals surface area (Å²) in [6, 6.07) is 3.81. The van der Waals surface area contributed by atoms with E-state index in [-0.39, 0.29) is 11.4 Å². The van der Waals surface area contributed by atoms with Crippen molar-refractivity contribution in [3.05, 3.63) is 22.8 Å². The molecule has 1 N–H and O–H groups in total. The van der Waals surface area contributed by atoms with E-state index in [1.165, 1.54) is 0 Å². The lowest BCUT2D eigenvalue weighted by molar-refractivity contribution is 0.127. The number of halogens is 1. The molecule has 2 unspecified atom stereocenters. The third kappa shape index (κ3) is 2.28. The molecule has 5 heteroatoms. The standard InChI is InChI=1S/C9H10BrNO2S/c10-6-2-1-3-11-9(6)14-8-5-13-4-7(8)12/h1-3,7-8,12H,4-5H2. The topological polar surface area (TPSA) is 42.4 Å². The summed E-state index contributed by atoms with van der Waals surface area (Å²) in [6.45, 7) is 1.02. The highest BCUT2D eigenvalue weighted by Gasteiger charge is 2.27. The molecule has 0 saturated carbocycles. The van der Waals surface area contributed by atoms with Crippen molar-refractivity contribution >= 4 is 27.7 Å². The van der Waals surface area contributed by atoms with Gasteiger partial charge in [-0.05, 0) is 28.1 Å². The molecule has 2 heterocycles. The number of aromatic nitrogens is 1. The fourth-order valence-electron chi connectivity index (χ4n) is 1.24. The third-order valence-corrected chi connectivity index (χ3v) is 4.19. The van der Waals surface area contributed by atoms with Crippen molar-refractivity contribution in [2.45, 2.75) is 16.4 Å². The van der Waals surface area contributed by atoms with Crippen LogP contribution in [-0.4, -0.2) is 34.7 Å². The molecule has 2 rings (SSSR count). The average Bonchev–Trinajstić information content (AvgIpc) is 2.56. The van der Waals surface area contributed by atoms with Gasteiger partial charge in [0, 0.05) is 10.7 Å². The molecule has 1 aromatic heterocycles. The molecule has 1 aliphatic rings. The lowest BCUT2D eigenvalue weighted by atomic mass is 10.3. The summed E-state index contributed by atoms with van der Waals surface area (Å²) in [4.78, 5) is 4.23. The molecular formula is C9H10BrNO2S. The summed E-state index contributed by atoms with van der Waals surface area (Å²) >= 11 is 4.97. The number of hydrogen-bond acceptors (Lipinski definition) is 4. The van der Waals surface area contributed by atoms with Crippen molar-refractivity contribution in [2.75, 3.05) is 13.2 Å². The molecule has 0 aromatic carbocycles. The van der Waals surface area contributed by atoms with Crippen LogP contribution < -0.4 is 0 Å². The first-order chi connectivity index (χ1) is 6.77. The molecule has 0 aliphatic carbocycles. The van der Waals surface area contributed by atoms with Crippen LogP contribution in [0.1, 0.15) is 0 Å². The molecule has 2 atom stereocenters. The largest absolute Gasteiger partial charge is 0.389 e. The van der Waals surface area contributed by atoms with Gasteiger partial charge in [-0.1, -0.05) is 11.8 Å². The van der Waals surface area contributed by atoms with Crippen LogP contribution in [0.4, 0.5) is 0 Å². The van der Waals surface area contributed by atoms with Gasteiger partial charge in [-0.15, -0.1) is 0 Å². The quantitative estimate of drug-likeness (QED) is 0.892. The van der Waals surface area contributed by atoms with Gasteiger partial charge in [-0.3, -0.25) is 0 Å². The molecule has 1 aliphatic heterocycles. The zero-order valence-electron chi connectivity index (χ0n) is 7.39. The molecule has 0 amide bonds. The Kier molecular flexibility index (Phi) is 3.43. The number of aliphatic hydroxyl groups excluding tert-OH is 1. The van der Waals surface area contributed by atoms with Crippen molar-refractivity contribution < 1.29 is 9.84 Å². The Morgan fingerprint density at radius 1 is 1.57 bits per heavy atom. The van der Waals surface area contributed by atoms with Crippen LogP contribution in [0.5, 0.6) is 0 Å². The maximum Gasteiger partial charge on any atom is 0.111 e. The maximum absolute atomic E-state index is 9.55. The van der Waals surface area contributed by atoms with E-state index in [1.54, 1.807) is 18.0 Å². The zero-order valence-corrected chi connectivity index (χ0v) is 9.79. The minimum absolute atomic E-state index is 0.0983. The summed E-state index contributed by atoms with van der Waals surface area (Å²) in [5, 5.41) is 10.6. The highest BCUT2D eigenvalue weighted by atomic mass is 79.9. The lowest BCUT2D eigenvalue weighted by Crippen LogP contribution is -2.20. The smallest absolute Gasteiger partial charge is 0.111 e. The highest BCUT2D eigenvalue weighted by Crippen LogP contribution is 2.31. The van der Waals surface area contributed by atoms with E-state index in [1.807, 2.05) is 12.1 Å². The molecule has 0 bridgehead atoms. The minimum atomic E-state index is -0.381. The second-order valence-electron chi connectivity index (χ2n) is 3.05. The molecule has 1 saturated heterocycles. The predicted octanol–water partition coefficient (Wildman–Crippen LogP) is 1.70. The van der Waals surface area contributed by atoms with Gasteiger partial charge in [0.2, 0.25) is 0 Å². The second kappa shape index (κ2) is 4.61. The number of ether oxygens (including phenoxy) is 1. The Labute approximate surface area is 95.0 Å². The molecule has 0 radical (unpaired) electrons. The third-order valence-electron chi connectivity index (χ3n) is 1.99. The summed E-state index contributed by atoms with van der Waals surface area (Å²) < 4.78 is 6.13. The fourth-order valence-corrected chi connectivity index (χ4v) is 2.76. The number of nitrogens with zero attached hydrogens (tertiary/aromatic N) is 1. The summed E-state index contributed by atoms with van der Waals surface area (Å²) in [5.74, 6) is 0. The second-order valence-corrected chi connectivity index (χ2v) is 5.13. The number of hydrogen-bond donors (Lipinski definition) is 1. The van der Waals surface area contributed by atoms with E-state index in [4.69, 9.17) is 4.74 Å². The van der Waals surface area contributed by atoms with Crippen molar-refractivity contribution in [3.8, 4) is 0 Å². The first-order valence-corrected chi connectivity index (χ1v) is 5.97. The van der Waals surface area contributed by atoms with E-state index in [0.29, 0.717) is 13.2 Å². The van der Waals surface area contributed by atoms with E-state index in [9.17, 15) is 5.11 Å². The average molecular weight is 276 g/mol. The van der Waals surface area contributed by atoms with Gasteiger partial charge in [-0.25, -0.2) is 4.98 Å². The Morgan fingerprint density at radius 2 is 2.43 bits per heavy atom. The summed E-state index contributed by atoms with van der Waals surface area (Å²) in [5.41, 5.74) is 0. The normalized spacial score (nSPS) is 26.7. The first kappa shape index (κ1) is 10.4.